The Bertz CT molecular complexity index is 1490. The van der Waals surface area contributed by atoms with Crippen LogP contribution >= 0.6 is 0 Å². The highest BCUT2D eigenvalue weighted by Gasteiger charge is 2.76. The number of nitrogens with zero attached hydrogens (tertiary/aromatic N) is 2. The molecule has 8 nitrogen and oxygen atoms in total. The Labute approximate surface area is 320 Å². The van der Waals surface area contributed by atoms with Crippen LogP contribution in [0.15, 0.2) is 24.7 Å². The number of hydrogen-bond acceptors (Lipinski definition) is 7. The number of unbranched alkanes of at least 4 members (excludes halogenated alkanes) is 7. The van der Waals surface area contributed by atoms with Gasteiger partial charge in [-0.2, -0.15) is 0 Å². The number of carbonyl (C=O) groups is 2. The Balaban J connectivity index is 1.10. The number of carbonyl (C=O) groups excluding carboxylic acids is 2. The van der Waals surface area contributed by atoms with E-state index in [0.717, 1.165) is 69.2 Å². The summed E-state index contributed by atoms with van der Waals surface area (Å²) >= 11 is 0. The predicted molar refractivity (Wildman–Crippen MR) is 208 cm³/mol. The minimum Gasteiger partial charge on any atom is -0.469 e. The zero-order chi connectivity index (χ0) is 38.4. The predicted octanol–water partition coefficient (Wildman–Crippen LogP) is 9.40. The molecule has 5 aliphatic rings. The van der Waals surface area contributed by atoms with Crippen LogP contribution in [-0.2, 0) is 30.3 Å². The fraction of sp³-hybridized carbons (Fsp3) is 0.844. The quantitative estimate of drug-likeness (QED) is 0.109. The van der Waals surface area contributed by atoms with Crippen LogP contribution in [-0.4, -0.2) is 58.1 Å². The lowest BCUT2D eigenvalue weighted by atomic mass is 9.33. The summed E-state index contributed by atoms with van der Waals surface area (Å²) in [6, 6.07) is 0. The van der Waals surface area contributed by atoms with Gasteiger partial charge in [0.2, 0.25) is 0 Å². The molecule has 0 amide bonds. The summed E-state index contributed by atoms with van der Waals surface area (Å²) in [4.78, 5) is 31.4. The van der Waals surface area contributed by atoms with Crippen molar-refractivity contribution in [3.05, 3.63) is 30.4 Å². The minimum absolute atomic E-state index is 0.00269. The summed E-state index contributed by atoms with van der Waals surface area (Å²) in [5.74, 6) is 0.495. The lowest BCUT2D eigenvalue weighted by Gasteiger charge is -2.71. The molecule has 0 radical (unpaired) electrons. The van der Waals surface area contributed by atoms with Gasteiger partial charge in [-0.25, -0.2) is 4.98 Å². The van der Waals surface area contributed by atoms with Gasteiger partial charge in [0.25, 0.3) is 0 Å². The second-order valence-corrected chi connectivity index (χ2v) is 19.6. The fourth-order valence-corrected chi connectivity index (χ4v) is 13.8. The number of ether oxygens (including phenoxy) is 3. The van der Waals surface area contributed by atoms with E-state index in [1.807, 2.05) is 13.3 Å². The first kappa shape index (κ1) is 40.5. The monoisotopic (exact) mass is 737 g/mol. The Morgan fingerprint density at radius 2 is 1.64 bits per heavy atom. The second-order valence-electron chi connectivity index (χ2n) is 19.6. The van der Waals surface area contributed by atoms with Crippen LogP contribution in [0.5, 0.6) is 0 Å². The van der Waals surface area contributed by atoms with E-state index >= 15 is 0 Å². The Kier molecular flexibility index (Phi) is 11.8. The molecule has 0 bridgehead atoms. The number of esters is 2. The number of rotatable bonds is 15. The third-order valence-corrected chi connectivity index (χ3v) is 16.5. The van der Waals surface area contributed by atoms with Gasteiger partial charge in [-0.3, -0.25) is 9.59 Å². The average molecular weight is 737 g/mol. The molecule has 0 spiro atoms. The summed E-state index contributed by atoms with van der Waals surface area (Å²) in [5, 5.41) is 12.5. The highest BCUT2D eigenvalue weighted by molar-refractivity contribution is 5.78. The van der Waals surface area contributed by atoms with Crippen molar-refractivity contribution in [1.29, 1.82) is 0 Å². The molecule has 298 valence electrons. The zero-order valence-corrected chi connectivity index (χ0v) is 34.5. The first-order valence-electron chi connectivity index (χ1n) is 21.3. The summed E-state index contributed by atoms with van der Waals surface area (Å²) < 4.78 is 20.4. The maximum absolute atomic E-state index is 14.4. The number of aryl methyl sites for hydroxylation is 2. The molecule has 6 rings (SSSR count). The minimum atomic E-state index is -0.553. The maximum Gasteiger partial charge on any atom is 0.312 e. The van der Waals surface area contributed by atoms with E-state index in [0.29, 0.717) is 13.0 Å². The van der Waals surface area contributed by atoms with Crippen LogP contribution in [0.3, 0.4) is 0 Å². The van der Waals surface area contributed by atoms with Gasteiger partial charge in [-0.05, 0) is 126 Å². The molecular formula is C45H72N2O6. The molecular weight excluding hydrogens is 665 g/mol. The number of imidazole rings is 1. The van der Waals surface area contributed by atoms with E-state index in [9.17, 15) is 14.7 Å². The van der Waals surface area contributed by atoms with E-state index in [1.165, 1.54) is 45.6 Å². The number of methoxy groups -OCH3 is 1. The van der Waals surface area contributed by atoms with Crippen LogP contribution in [0.2, 0.25) is 0 Å². The molecule has 5 fully saturated rings. The van der Waals surface area contributed by atoms with Crippen molar-refractivity contribution >= 4 is 11.9 Å². The number of fused-ring (bicyclic) bond motifs is 7. The first-order valence-corrected chi connectivity index (χ1v) is 21.3. The molecule has 8 heteroatoms. The smallest absolute Gasteiger partial charge is 0.312 e. The van der Waals surface area contributed by atoms with Crippen LogP contribution in [0, 0.1) is 58.2 Å². The van der Waals surface area contributed by atoms with Crippen molar-refractivity contribution in [3.8, 4) is 0 Å². The average Bonchev–Trinajstić information content (AvgIpc) is 3.76. The molecule has 1 N–H and O–H groups in total. The number of allylic oxidation sites excluding steroid dienone is 1. The zero-order valence-electron chi connectivity index (χ0n) is 34.5. The van der Waals surface area contributed by atoms with E-state index in [4.69, 9.17) is 14.2 Å². The lowest BCUT2D eigenvalue weighted by molar-refractivity contribution is -0.255. The third-order valence-electron chi connectivity index (χ3n) is 16.5. The van der Waals surface area contributed by atoms with Crippen LogP contribution in [0.4, 0.5) is 0 Å². The molecule has 0 aromatic carbocycles. The van der Waals surface area contributed by atoms with Gasteiger partial charge < -0.3 is 23.9 Å². The Morgan fingerprint density at radius 1 is 0.962 bits per heavy atom. The van der Waals surface area contributed by atoms with Gasteiger partial charge in [0.05, 0.1) is 55.4 Å². The second kappa shape index (κ2) is 15.4. The van der Waals surface area contributed by atoms with E-state index in [1.54, 1.807) is 0 Å². The van der Waals surface area contributed by atoms with Crippen molar-refractivity contribution < 1.29 is 28.9 Å². The molecule has 1 aliphatic heterocycles. The SMILES string of the molecule is C=C(C)[C@@H]1CC[C@]2(C(=O)OCCCCCCCCCCn3cnc(C)c3)CC[C@]3(C)[C@H](C[C@@H](O)[C@@H]4[C@@]5(C)C(CC(=O)OC)OC(C)(C)C5CC[C@]43C)[C@@H]12. The standard InChI is InChI=1S/C45H72N2O6/c1-30(2)32-18-21-45(40(50)52-25-17-15-13-11-10-12-14-16-24-47-28-31(3)46-29-47)23-22-42(6)33(38(32)45)26-34(48)39-43(42,7)20-19-35-41(4,5)53-36(44(35,39)8)27-37(49)51-9/h28-29,32-36,38-39,48H,1,10-27H2,2-9H3/t32-,33+,34+,35?,36?,38+,39-,42+,43+,44+,45-/m0/s1. The fourth-order valence-electron chi connectivity index (χ4n) is 13.8. The van der Waals surface area contributed by atoms with E-state index < -0.39 is 17.1 Å². The highest BCUT2D eigenvalue weighted by Crippen LogP contribution is 2.77. The topological polar surface area (TPSA) is 99.9 Å². The molecule has 4 aliphatic carbocycles. The molecule has 53 heavy (non-hydrogen) atoms. The van der Waals surface area contributed by atoms with Crippen LogP contribution in [0.1, 0.15) is 150 Å². The lowest BCUT2D eigenvalue weighted by Crippen LogP contribution is -2.69. The Morgan fingerprint density at radius 3 is 2.28 bits per heavy atom. The van der Waals surface area contributed by atoms with Crippen molar-refractivity contribution in [3.63, 3.8) is 0 Å². The molecule has 4 saturated carbocycles. The highest BCUT2D eigenvalue weighted by atomic mass is 16.5. The van der Waals surface area contributed by atoms with Crippen molar-refractivity contribution in [1.82, 2.24) is 9.55 Å². The van der Waals surface area contributed by atoms with Crippen molar-refractivity contribution in [2.24, 2.45) is 51.2 Å². The van der Waals surface area contributed by atoms with Gasteiger partial charge in [0, 0.05) is 18.2 Å². The Hall–Kier alpha value is -2.19. The van der Waals surface area contributed by atoms with Crippen molar-refractivity contribution in [2.75, 3.05) is 13.7 Å². The maximum atomic E-state index is 14.4. The van der Waals surface area contributed by atoms with Crippen LogP contribution < -0.4 is 0 Å². The number of aliphatic hydroxyl groups is 1. The molecule has 1 saturated heterocycles. The number of aromatic nitrogens is 2. The number of hydrogen-bond donors (Lipinski definition) is 1. The molecule has 2 unspecified atom stereocenters. The molecule has 11 atom stereocenters. The van der Waals surface area contributed by atoms with Gasteiger partial charge in [0.1, 0.15) is 0 Å². The van der Waals surface area contributed by atoms with Gasteiger partial charge in [-0.15, -0.1) is 0 Å². The van der Waals surface area contributed by atoms with E-state index in [-0.39, 0.29) is 70.3 Å². The van der Waals surface area contributed by atoms with Crippen LogP contribution in [0.25, 0.3) is 0 Å². The molecule has 1 aromatic heterocycles. The summed E-state index contributed by atoms with van der Waals surface area (Å²) in [7, 11) is 1.45. The van der Waals surface area contributed by atoms with Gasteiger partial charge >= 0.3 is 11.9 Å². The molecule has 1 aromatic rings. The van der Waals surface area contributed by atoms with E-state index in [2.05, 4.69) is 63.9 Å². The summed E-state index contributed by atoms with van der Waals surface area (Å²) in [5.41, 5.74) is 0.683. The third kappa shape index (κ3) is 6.97. The first-order chi connectivity index (χ1) is 25.0. The van der Waals surface area contributed by atoms with Crippen molar-refractivity contribution in [2.45, 2.75) is 176 Å². The largest absolute Gasteiger partial charge is 0.469 e. The summed E-state index contributed by atoms with van der Waals surface area (Å²) in [6.45, 7) is 21.8. The molecule has 2 heterocycles. The van der Waals surface area contributed by atoms with Gasteiger partial charge in [-0.1, -0.05) is 71.4 Å². The normalized spacial score (nSPS) is 39.8. The number of aliphatic hydroxyl groups excluding tert-OH is 1. The summed E-state index contributed by atoms with van der Waals surface area (Å²) in [6.07, 6.45) is 19.0. The van der Waals surface area contributed by atoms with Gasteiger partial charge in [0.15, 0.2) is 0 Å².